The van der Waals surface area contributed by atoms with Gasteiger partial charge in [-0.25, -0.2) is 9.78 Å². The highest BCUT2D eigenvalue weighted by Gasteiger charge is 2.16. The van der Waals surface area contributed by atoms with Crippen LogP contribution in [0.25, 0.3) is 10.8 Å². The van der Waals surface area contributed by atoms with Crippen molar-refractivity contribution in [1.29, 1.82) is 0 Å². The number of nitrogens with zero attached hydrogens (tertiary/aromatic N) is 1. The van der Waals surface area contributed by atoms with Crippen LogP contribution in [-0.4, -0.2) is 16.1 Å². The number of aryl methyl sites for hydroxylation is 1. The lowest BCUT2D eigenvalue weighted by Gasteiger charge is -2.09. The van der Waals surface area contributed by atoms with Gasteiger partial charge >= 0.3 is 5.97 Å². The number of carboxylic acid groups (broad SMARTS) is 1. The van der Waals surface area contributed by atoms with Crippen LogP contribution in [0.15, 0.2) is 41.8 Å². The molecular formula is C15H11NO3S. The molecule has 0 saturated carbocycles. The first-order valence-electron chi connectivity index (χ1n) is 6.00. The highest BCUT2D eigenvalue weighted by Crippen LogP contribution is 2.34. The Bertz CT molecular complexity index is 795. The van der Waals surface area contributed by atoms with Gasteiger partial charge in [-0.1, -0.05) is 41.7 Å². The zero-order chi connectivity index (χ0) is 14.1. The van der Waals surface area contributed by atoms with Crippen LogP contribution in [0, 0.1) is 6.92 Å². The van der Waals surface area contributed by atoms with Crippen LogP contribution < -0.4 is 4.74 Å². The van der Waals surface area contributed by atoms with Crippen LogP contribution in [0.4, 0.5) is 0 Å². The van der Waals surface area contributed by atoms with E-state index in [0.29, 0.717) is 10.9 Å². The van der Waals surface area contributed by atoms with Crippen LogP contribution in [0.2, 0.25) is 0 Å². The van der Waals surface area contributed by atoms with Gasteiger partial charge in [0.1, 0.15) is 5.56 Å². The maximum absolute atomic E-state index is 11.4. The summed E-state index contributed by atoms with van der Waals surface area (Å²) in [5.41, 5.74) is 0.985. The largest absolute Gasteiger partial charge is 0.478 e. The molecule has 20 heavy (non-hydrogen) atoms. The van der Waals surface area contributed by atoms with E-state index in [0.717, 1.165) is 16.5 Å². The molecule has 3 aromatic rings. The molecule has 0 fully saturated rings. The Balaban J connectivity index is 2.19. The molecule has 0 unspecified atom stereocenters. The molecule has 4 nitrogen and oxygen atoms in total. The van der Waals surface area contributed by atoms with Gasteiger partial charge in [0, 0.05) is 10.8 Å². The van der Waals surface area contributed by atoms with Crippen molar-refractivity contribution in [3.05, 3.63) is 53.0 Å². The third-order valence-corrected chi connectivity index (χ3v) is 3.73. The Labute approximate surface area is 119 Å². The smallest absolute Gasteiger partial charge is 0.339 e. The lowest BCUT2D eigenvalue weighted by Crippen LogP contribution is -2.00. The summed E-state index contributed by atoms with van der Waals surface area (Å²) in [7, 11) is 0. The average molecular weight is 285 g/mol. The zero-order valence-corrected chi connectivity index (χ0v) is 11.5. The van der Waals surface area contributed by atoms with E-state index in [1.165, 1.54) is 11.3 Å². The van der Waals surface area contributed by atoms with E-state index < -0.39 is 5.97 Å². The number of hydrogen-bond donors (Lipinski definition) is 1. The number of carbonyl (C=O) groups is 1. The van der Waals surface area contributed by atoms with Crippen molar-refractivity contribution in [3.8, 4) is 10.9 Å². The van der Waals surface area contributed by atoms with Gasteiger partial charge in [0.05, 0.1) is 5.69 Å². The summed E-state index contributed by atoms with van der Waals surface area (Å²) in [4.78, 5) is 15.6. The van der Waals surface area contributed by atoms with Gasteiger partial charge in [0.25, 0.3) is 5.19 Å². The van der Waals surface area contributed by atoms with Crippen molar-refractivity contribution >= 4 is 28.1 Å². The highest BCUT2D eigenvalue weighted by molar-refractivity contribution is 7.11. The number of hydrogen-bond acceptors (Lipinski definition) is 4. The van der Waals surface area contributed by atoms with Gasteiger partial charge in [-0.2, -0.15) is 0 Å². The fourth-order valence-corrected chi connectivity index (χ4v) is 2.64. The normalized spacial score (nSPS) is 10.7. The summed E-state index contributed by atoms with van der Waals surface area (Å²) < 4.78 is 5.73. The lowest BCUT2D eigenvalue weighted by molar-refractivity contribution is 0.0694. The van der Waals surface area contributed by atoms with Crippen LogP contribution >= 0.6 is 11.3 Å². The number of aromatic carboxylic acids is 1. The van der Waals surface area contributed by atoms with Crippen molar-refractivity contribution < 1.29 is 14.6 Å². The minimum atomic E-state index is -1.01. The van der Waals surface area contributed by atoms with E-state index in [1.54, 1.807) is 12.1 Å². The molecule has 2 aromatic carbocycles. The van der Waals surface area contributed by atoms with E-state index in [2.05, 4.69) is 4.98 Å². The number of rotatable bonds is 3. The van der Waals surface area contributed by atoms with Crippen LogP contribution in [0.5, 0.6) is 10.9 Å². The molecule has 0 aliphatic rings. The van der Waals surface area contributed by atoms with Gasteiger partial charge in [0.15, 0.2) is 5.75 Å². The maximum atomic E-state index is 11.4. The molecule has 0 aliphatic carbocycles. The molecule has 3 rings (SSSR count). The SMILES string of the molecule is Cc1csc(Oc2c(C(=O)O)ccc3ccccc23)n1. The van der Waals surface area contributed by atoms with E-state index in [-0.39, 0.29) is 5.56 Å². The third-order valence-electron chi connectivity index (χ3n) is 2.90. The Hall–Kier alpha value is -2.40. The average Bonchev–Trinajstić information content (AvgIpc) is 2.84. The second-order valence-corrected chi connectivity index (χ2v) is 5.15. The van der Waals surface area contributed by atoms with Gasteiger partial charge in [-0.05, 0) is 18.4 Å². The Kier molecular flexibility index (Phi) is 3.12. The minimum absolute atomic E-state index is 0.136. The summed E-state index contributed by atoms with van der Waals surface area (Å²) in [6, 6.07) is 10.9. The van der Waals surface area contributed by atoms with Crippen molar-refractivity contribution in [2.75, 3.05) is 0 Å². The molecule has 0 saturated heterocycles. The monoisotopic (exact) mass is 285 g/mol. The van der Waals surface area contributed by atoms with E-state index in [1.807, 2.05) is 36.6 Å². The number of ether oxygens (including phenoxy) is 1. The van der Waals surface area contributed by atoms with Gasteiger partial charge in [-0.3, -0.25) is 0 Å². The van der Waals surface area contributed by atoms with Crippen LogP contribution in [-0.2, 0) is 0 Å². The lowest BCUT2D eigenvalue weighted by atomic mass is 10.1. The number of benzene rings is 2. The molecular weight excluding hydrogens is 274 g/mol. The predicted octanol–water partition coefficient (Wildman–Crippen LogP) is 4.10. The molecule has 0 aliphatic heterocycles. The summed E-state index contributed by atoms with van der Waals surface area (Å²) >= 11 is 1.35. The Morgan fingerprint density at radius 1 is 1.25 bits per heavy atom. The molecule has 5 heteroatoms. The van der Waals surface area contributed by atoms with Crippen LogP contribution in [0.3, 0.4) is 0 Å². The Morgan fingerprint density at radius 3 is 2.75 bits per heavy atom. The summed E-state index contributed by atoms with van der Waals surface area (Å²) in [5.74, 6) is -0.677. The highest BCUT2D eigenvalue weighted by atomic mass is 32.1. The number of aromatic nitrogens is 1. The van der Waals surface area contributed by atoms with Gasteiger partial charge in [0.2, 0.25) is 0 Å². The van der Waals surface area contributed by atoms with E-state index in [9.17, 15) is 9.90 Å². The van der Waals surface area contributed by atoms with E-state index in [4.69, 9.17) is 4.74 Å². The second kappa shape index (κ2) is 4.94. The first-order chi connectivity index (χ1) is 9.65. The molecule has 0 spiro atoms. The minimum Gasteiger partial charge on any atom is -0.478 e. The van der Waals surface area contributed by atoms with Gasteiger partial charge < -0.3 is 9.84 Å². The van der Waals surface area contributed by atoms with Crippen molar-refractivity contribution in [3.63, 3.8) is 0 Å². The summed E-state index contributed by atoms with van der Waals surface area (Å²) in [5, 5.41) is 13.3. The second-order valence-electron chi connectivity index (χ2n) is 4.33. The molecule has 0 bridgehead atoms. The molecule has 1 aromatic heterocycles. The molecule has 100 valence electrons. The maximum Gasteiger partial charge on any atom is 0.339 e. The van der Waals surface area contributed by atoms with Gasteiger partial charge in [-0.15, -0.1) is 0 Å². The molecule has 1 heterocycles. The first kappa shape index (κ1) is 12.6. The fourth-order valence-electron chi connectivity index (χ4n) is 1.99. The first-order valence-corrected chi connectivity index (χ1v) is 6.88. The number of carboxylic acids is 1. The topological polar surface area (TPSA) is 59.4 Å². The van der Waals surface area contributed by atoms with Crippen molar-refractivity contribution in [2.45, 2.75) is 6.92 Å². The predicted molar refractivity (Wildman–Crippen MR) is 77.8 cm³/mol. The van der Waals surface area contributed by atoms with Crippen LogP contribution in [0.1, 0.15) is 16.1 Å². The fraction of sp³-hybridized carbons (Fsp3) is 0.0667. The molecule has 0 radical (unpaired) electrons. The molecule has 0 amide bonds. The summed E-state index contributed by atoms with van der Waals surface area (Å²) in [6.07, 6.45) is 0. The summed E-state index contributed by atoms with van der Waals surface area (Å²) in [6.45, 7) is 1.87. The molecule has 1 N–H and O–H groups in total. The number of thiazole rings is 1. The third kappa shape index (κ3) is 2.23. The standard InChI is InChI=1S/C15H11NO3S/c1-9-8-20-15(16-9)19-13-11-5-3-2-4-10(11)6-7-12(13)14(17)18/h2-8H,1H3,(H,17,18). The molecule has 0 atom stereocenters. The number of fused-ring (bicyclic) bond motifs is 1. The van der Waals surface area contributed by atoms with Crippen molar-refractivity contribution in [2.24, 2.45) is 0 Å². The van der Waals surface area contributed by atoms with E-state index >= 15 is 0 Å². The van der Waals surface area contributed by atoms with Crippen molar-refractivity contribution in [1.82, 2.24) is 4.98 Å². The quantitative estimate of drug-likeness (QED) is 0.787. The zero-order valence-electron chi connectivity index (χ0n) is 10.7. The Morgan fingerprint density at radius 2 is 2.05 bits per heavy atom.